The molecule has 0 aliphatic rings. The van der Waals surface area contributed by atoms with Gasteiger partial charge in [-0.1, -0.05) is 18.2 Å². The molecule has 0 radical (unpaired) electrons. The van der Waals surface area contributed by atoms with Gasteiger partial charge in [0.2, 0.25) is 0 Å². The summed E-state index contributed by atoms with van der Waals surface area (Å²) in [6, 6.07) is 9.98. The lowest BCUT2D eigenvalue weighted by atomic mass is 10.1. The first-order valence-corrected chi connectivity index (χ1v) is 7.35. The molecule has 2 aromatic carbocycles. The molecule has 0 unspecified atom stereocenters. The van der Waals surface area contributed by atoms with E-state index in [4.69, 9.17) is 4.74 Å². The summed E-state index contributed by atoms with van der Waals surface area (Å²) in [5.41, 5.74) is 0.927. The minimum atomic E-state index is -0.537. The zero-order valence-electron chi connectivity index (χ0n) is 13.2. The summed E-state index contributed by atoms with van der Waals surface area (Å²) in [7, 11) is 0. The summed E-state index contributed by atoms with van der Waals surface area (Å²) >= 11 is 0. The summed E-state index contributed by atoms with van der Waals surface area (Å²) in [6.07, 6.45) is 2.62. The van der Waals surface area contributed by atoms with E-state index in [1.165, 1.54) is 42.7 Å². The summed E-state index contributed by atoms with van der Waals surface area (Å²) in [5, 5.41) is 2.55. The third kappa shape index (κ3) is 3.95. The highest BCUT2D eigenvalue weighted by molar-refractivity contribution is 6.04. The van der Waals surface area contributed by atoms with Gasteiger partial charge in [-0.05, 0) is 36.8 Å². The van der Waals surface area contributed by atoms with Crippen LogP contribution in [-0.4, -0.2) is 15.9 Å². The molecule has 1 N–H and O–H groups in total. The fourth-order valence-corrected chi connectivity index (χ4v) is 2.00. The van der Waals surface area contributed by atoms with E-state index in [0.717, 1.165) is 6.07 Å². The second-order valence-corrected chi connectivity index (χ2v) is 5.20. The maximum absolute atomic E-state index is 13.5. The lowest BCUT2D eigenvalue weighted by Gasteiger charge is -2.07. The number of aryl methyl sites for hydroxylation is 1. The number of hydrogen-bond acceptors (Lipinski definition) is 4. The standard InChI is InChI=1S/C18H13F2N3O2/c1-11-6-7-12(8-15(11)20)17(24)23-13-9-21-18(22-10-13)25-16-5-3-2-4-14(16)19/h2-10H,1H3,(H,23,24). The van der Waals surface area contributed by atoms with Gasteiger partial charge in [0, 0.05) is 5.56 Å². The number of rotatable bonds is 4. The minimum Gasteiger partial charge on any atom is -0.421 e. The molecule has 126 valence electrons. The van der Waals surface area contributed by atoms with Gasteiger partial charge in [0.1, 0.15) is 5.82 Å². The quantitative estimate of drug-likeness (QED) is 0.776. The van der Waals surface area contributed by atoms with Crippen molar-refractivity contribution in [1.82, 2.24) is 9.97 Å². The fraction of sp³-hybridized carbons (Fsp3) is 0.0556. The zero-order chi connectivity index (χ0) is 17.8. The predicted molar refractivity (Wildman–Crippen MR) is 87.6 cm³/mol. The maximum Gasteiger partial charge on any atom is 0.322 e. The van der Waals surface area contributed by atoms with Crippen molar-refractivity contribution < 1.29 is 18.3 Å². The van der Waals surface area contributed by atoms with E-state index in [1.807, 2.05) is 0 Å². The first kappa shape index (κ1) is 16.5. The van der Waals surface area contributed by atoms with Crippen molar-refractivity contribution in [1.29, 1.82) is 0 Å². The zero-order valence-corrected chi connectivity index (χ0v) is 13.2. The van der Waals surface area contributed by atoms with Gasteiger partial charge in [-0.25, -0.2) is 18.7 Å². The van der Waals surface area contributed by atoms with Crippen LogP contribution in [0.4, 0.5) is 14.5 Å². The molecule has 0 saturated heterocycles. The topological polar surface area (TPSA) is 64.1 Å². The lowest BCUT2D eigenvalue weighted by Crippen LogP contribution is -2.12. The van der Waals surface area contributed by atoms with Crippen LogP contribution in [0.15, 0.2) is 54.9 Å². The van der Waals surface area contributed by atoms with Crippen LogP contribution in [0.3, 0.4) is 0 Å². The summed E-state index contributed by atoms with van der Waals surface area (Å²) in [6.45, 7) is 1.61. The van der Waals surface area contributed by atoms with Crippen LogP contribution in [0.5, 0.6) is 11.8 Å². The molecule has 0 fully saturated rings. The molecule has 0 aliphatic heterocycles. The number of carbonyl (C=O) groups excluding carboxylic acids is 1. The molecule has 0 atom stereocenters. The summed E-state index contributed by atoms with van der Waals surface area (Å²) in [4.78, 5) is 19.9. The molecule has 0 saturated carbocycles. The molecular weight excluding hydrogens is 328 g/mol. The van der Waals surface area contributed by atoms with E-state index >= 15 is 0 Å². The number of halogens is 2. The Morgan fingerprint density at radius 3 is 2.44 bits per heavy atom. The van der Waals surface area contributed by atoms with Crippen LogP contribution in [0.2, 0.25) is 0 Å². The second-order valence-electron chi connectivity index (χ2n) is 5.20. The van der Waals surface area contributed by atoms with Crippen molar-refractivity contribution in [3.05, 3.63) is 77.6 Å². The summed E-state index contributed by atoms with van der Waals surface area (Å²) < 4.78 is 32.2. The van der Waals surface area contributed by atoms with Crippen LogP contribution in [0.1, 0.15) is 15.9 Å². The minimum absolute atomic E-state index is 0.00517. The number of carbonyl (C=O) groups is 1. The first-order chi connectivity index (χ1) is 12.0. The number of anilines is 1. The number of nitrogens with one attached hydrogen (secondary N) is 1. The Morgan fingerprint density at radius 1 is 1.04 bits per heavy atom. The van der Waals surface area contributed by atoms with E-state index in [0.29, 0.717) is 11.3 Å². The number of para-hydroxylation sites is 1. The normalized spacial score (nSPS) is 10.4. The Morgan fingerprint density at radius 2 is 1.76 bits per heavy atom. The van der Waals surface area contributed by atoms with Crippen molar-refractivity contribution in [2.45, 2.75) is 6.92 Å². The van der Waals surface area contributed by atoms with Crippen LogP contribution >= 0.6 is 0 Å². The molecule has 1 amide bonds. The van der Waals surface area contributed by atoms with Gasteiger partial charge < -0.3 is 10.1 Å². The Bertz CT molecular complexity index is 914. The van der Waals surface area contributed by atoms with Gasteiger partial charge in [0.05, 0.1) is 18.1 Å². The Labute approximate surface area is 142 Å². The molecule has 1 heterocycles. The smallest absolute Gasteiger partial charge is 0.322 e. The van der Waals surface area contributed by atoms with Crippen LogP contribution in [-0.2, 0) is 0 Å². The van der Waals surface area contributed by atoms with Gasteiger partial charge >= 0.3 is 6.01 Å². The van der Waals surface area contributed by atoms with E-state index in [9.17, 15) is 13.6 Å². The SMILES string of the molecule is Cc1ccc(C(=O)Nc2cnc(Oc3ccccc3F)nc2)cc1F. The highest BCUT2D eigenvalue weighted by Crippen LogP contribution is 2.21. The Balaban J connectivity index is 1.69. The van der Waals surface area contributed by atoms with Crippen molar-refractivity contribution >= 4 is 11.6 Å². The largest absolute Gasteiger partial charge is 0.421 e. The first-order valence-electron chi connectivity index (χ1n) is 7.35. The third-order valence-electron chi connectivity index (χ3n) is 3.36. The number of benzene rings is 2. The van der Waals surface area contributed by atoms with Gasteiger partial charge in [-0.2, -0.15) is 0 Å². The van der Waals surface area contributed by atoms with E-state index in [-0.39, 0.29) is 17.3 Å². The number of amides is 1. The average molecular weight is 341 g/mol. The van der Waals surface area contributed by atoms with Crippen LogP contribution < -0.4 is 10.1 Å². The molecular formula is C18H13F2N3O2. The molecule has 0 bridgehead atoms. The fourth-order valence-electron chi connectivity index (χ4n) is 2.00. The molecule has 0 aliphatic carbocycles. The molecule has 3 aromatic rings. The Hall–Kier alpha value is -3.35. The highest BCUT2D eigenvalue weighted by atomic mass is 19.1. The molecule has 3 rings (SSSR count). The number of hydrogen-bond donors (Lipinski definition) is 1. The van der Waals surface area contributed by atoms with Crippen molar-refractivity contribution in [2.24, 2.45) is 0 Å². The molecule has 1 aromatic heterocycles. The van der Waals surface area contributed by atoms with E-state index in [2.05, 4.69) is 15.3 Å². The van der Waals surface area contributed by atoms with Crippen LogP contribution in [0.25, 0.3) is 0 Å². The van der Waals surface area contributed by atoms with Gasteiger partial charge in [0.25, 0.3) is 5.91 Å². The predicted octanol–water partition coefficient (Wildman–Crippen LogP) is 4.11. The molecule has 0 spiro atoms. The van der Waals surface area contributed by atoms with Crippen LogP contribution in [0, 0.1) is 18.6 Å². The van der Waals surface area contributed by atoms with Gasteiger partial charge in [-0.15, -0.1) is 0 Å². The van der Waals surface area contributed by atoms with Crippen molar-refractivity contribution in [3.8, 4) is 11.8 Å². The van der Waals surface area contributed by atoms with E-state index in [1.54, 1.807) is 13.0 Å². The van der Waals surface area contributed by atoms with Crippen molar-refractivity contribution in [3.63, 3.8) is 0 Å². The van der Waals surface area contributed by atoms with Gasteiger partial charge in [-0.3, -0.25) is 4.79 Å². The lowest BCUT2D eigenvalue weighted by molar-refractivity contribution is 0.102. The Kier molecular flexibility index (Phi) is 4.65. The number of nitrogens with zero attached hydrogens (tertiary/aromatic N) is 2. The third-order valence-corrected chi connectivity index (χ3v) is 3.36. The molecule has 5 nitrogen and oxygen atoms in total. The monoisotopic (exact) mass is 341 g/mol. The highest BCUT2D eigenvalue weighted by Gasteiger charge is 2.10. The number of aromatic nitrogens is 2. The number of ether oxygens (including phenoxy) is 1. The molecule has 7 heteroatoms. The van der Waals surface area contributed by atoms with Gasteiger partial charge in [0.15, 0.2) is 11.6 Å². The maximum atomic E-state index is 13.5. The van der Waals surface area contributed by atoms with Crippen molar-refractivity contribution in [2.75, 3.05) is 5.32 Å². The summed E-state index contributed by atoms with van der Waals surface area (Å²) in [5.74, 6) is -1.50. The molecule has 25 heavy (non-hydrogen) atoms. The second kappa shape index (κ2) is 7.04. The average Bonchev–Trinajstić information content (AvgIpc) is 2.61. The van der Waals surface area contributed by atoms with E-state index < -0.39 is 17.5 Å².